The van der Waals surface area contributed by atoms with Gasteiger partial charge < -0.3 is 5.11 Å². The van der Waals surface area contributed by atoms with Crippen LogP contribution >= 0.6 is 0 Å². The minimum Gasteiger partial charge on any atom is -0.393 e. The average Bonchev–Trinajstić information content (AvgIpc) is 2.05. The van der Waals surface area contributed by atoms with E-state index in [1.165, 1.54) is 6.42 Å². The summed E-state index contributed by atoms with van der Waals surface area (Å²) in [6, 6.07) is 0. The Balaban J connectivity index is 2.24. The maximum absolute atomic E-state index is 12.8. The van der Waals surface area contributed by atoms with E-state index in [9.17, 15) is 4.39 Å². The number of aliphatic hydroxyl groups is 1. The molecule has 0 radical (unpaired) electrons. The molecule has 2 heteroatoms. The van der Waals surface area contributed by atoms with Crippen molar-refractivity contribution in [2.75, 3.05) is 6.61 Å². The molecule has 0 spiro atoms. The third kappa shape index (κ3) is 1.94. The molecule has 0 saturated heterocycles. The van der Waals surface area contributed by atoms with Crippen LogP contribution in [0.15, 0.2) is 0 Å². The molecule has 1 N–H and O–H groups in total. The standard InChI is InChI=1S/C8H15FO/c9-8(6-10)7-4-2-1-3-5-7/h7-8,10H,1-6H2/t8-/m1/s1. The highest BCUT2D eigenvalue weighted by Crippen LogP contribution is 2.27. The molecule has 10 heavy (non-hydrogen) atoms. The predicted octanol–water partition coefficient (Wildman–Crippen LogP) is 1.90. The summed E-state index contributed by atoms with van der Waals surface area (Å²) in [5, 5.41) is 8.51. The van der Waals surface area contributed by atoms with Gasteiger partial charge in [-0.15, -0.1) is 0 Å². The van der Waals surface area contributed by atoms with E-state index < -0.39 is 6.17 Å². The van der Waals surface area contributed by atoms with E-state index >= 15 is 0 Å². The summed E-state index contributed by atoms with van der Waals surface area (Å²) in [4.78, 5) is 0. The molecule has 0 amide bonds. The number of aliphatic hydroxyl groups excluding tert-OH is 1. The smallest absolute Gasteiger partial charge is 0.126 e. The fourth-order valence-corrected chi connectivity index (χ4v) is 1.64. The minimum absolute atomic E-state index is 0.152. The van der Waals surface area contributed by atoms with Crippen molar-refractivity contribution in [1.29, 1.82) is 0 Å². The molecule has 1 saturated carbocycles. The lowest BCUT2D eigenvalue weighted by Gasteiger charge is -2.23. The highest BCUT2D eigenvalue weighted by molar-refractivity contribution is 4.72. The second-order valence-electron chi connectivity index (χ2n) is 3.10. The highest BCUT2D eigenvalue weighted by Gasteiger charge is 2.21. The Kier molecular flexibility index (Phi) is 3.13. The predicted molar refractivity (Wildman–Crippen MR) is 38.6 cm³/mol. The molecule has 0 bridgehead atoms. The van der Waals surface area contributed by atoms with Gasteiger partial charge in [0.25, 0.3) is 0 Å². The molecule has 0 aromatic rings. The SMILES string of the molecule is OC[C@@H](F)C1CCCCC1. The van der Waals surface area contributed by atoms with Crippen molar-refractivity contribution in [2.45, 2.75) is 38.3 Å². The number of alkyl halides is 1. The van der Waals surface area contributed by atoms with Crippen LogP contribution < -0.4 is 0 Å². The van der Waals surface area contributed by atoms with Gasteiger partial charge in [-0.05, 0) is 18.8 Å². The summed E-state index contributed by atoms with van der Waals surface area (Å²) in [6.07, 6.45) is 4.52. The molecule has 0 aromatic heterocycles. The molecular formula is C8H15FO. The third-order valence-electron chi connectivity index (χ3n) is 2.34. The topological polar surface area (TPSA) is 20.2 Å². The van der Waals surface area contributed by atoms with Gasteiger partial charge in [0.2, 0.25) is 0 Å². The van der Waals surface area contributed by atoms with Crippen molar-refractivity contribution in [3.05, 3.63) is 0 Å². The molecular weight excluding hydrogens is 131 g/mol. The summed E-state index contributed by atoms with van der Waals surface area (Å²) >= 11 is 0. The Morgan fingerprint density at radius 2 is 1.90 bits per heavy atom. The number of hydrogen-bond donors (Lipinski definition) is 1. The summed E-state index contributed by atoms with van der Waals surface area (Å²) in [5.41, 5.74) is 0. The Labute approximate surface area is 61.2 Å². The van der Waals surface area contributed by atoms with E-state index in [1.807, 2.05) is 0 Å². The van der Waals surface area contributed by atoms with Gasteiger partial charge in [0.05, 0.1) is 6.61 Å². The van der Waals surface area contributed by atoms with Crippen LogP contribution in [0.2, 0.25) is 0 Å². The van der Waals surface area contributed by atoms with Gasteiger partial charge in [0.1, 0.15) is 6.17 Å². The minimum atomic E-state index is -0.958. The maximum atomic E-state index is 12.8. The van der Waals surface area contributed by atoms with Crippen molar-refractivity contribution >= 4 is 0 Å². The van der Waals surface area contributed by atoms with Gasteiger partial charge in [0, 0.05) is 0 Å². The maximum Gasteiger partial charge on any atom is 0.126 e. The second-order valence-corrected chi connectivity index (χ2v) is 3.10. The largest absolute Gasteiger partial charge is 0.393 e. The van der Waals surface area contributed by atoms with Crippen molar-refractivity contribution in [3.8, 4) is 0 Å². The van der Waals surface area contributed by atoms with E-state index in [-0.39, 0.29) is 12.5 Å². The molecule has 1 fully saturated rings. The summed E-state index contributed by atoms with van der Waals surface area (Å²) in [5.74, 6) is 0.152. The molecule has 0 aliphatic heterocycles. The quantitative estimate of drug-likeness (QED) is 0.630. The third-order valence-corrected chi connectivity index (χ3v) is 2.34. The fourth-order valence-electron chi connectivity index (χ4n) is 1.64. The first-order valence-corrected chi connectivity index (χ1v) is 4.09. The van der Waals surface area contributed by atoms with Crippen molar-refractivity contribution in [3.63, 3.8) is 0 Å². The zero-order valence-corrected chi connectivity index (χ0v) is 6.22. The van der Waals surface area contributed by atoms with Crippen LogP contribution in [0.1, 0.15) is 32.1 Å². The lowest BCUT2D eigenvalue weighted by Crippen LogP contribution is -2.21. The van der Waals surface area contributed by atoms with Crippen molar-refractivity contribution in [2.24, 2.45) is 5.92 Å². The van der Waals surface area contributed by atoms with Gasteiger partial charge in [-0.2, -0.15) is 0 Å². The summed E-state index contributed by atoms with van der Waals surface area (Å²) in [6.45, 7) is -0.287. The van der Waals surface area contributed by atoms with E-state index in [0.717, 1.165) is 25.7 Å². The Morgan fingerprint density at radius 1 is 1.30 bits per heavy atom. The highest BCUT2D eigenvalue weighted by atomic mass is 19.1. The Morgan fingerprint density at radius 3 is 2.40 bits per heavy atom. The lowest BCUT2D eigenvalue weighted by atomic mass is 9.86. The first-order valence-electron chi connectivity index (χ1n) is 4.09. The second kappa shape index (κ2) is 3.91. The molecule has 0 aromatic carbocycles. The molecule has 0 unspecified atom stereocenters. The van der Waals surface area contributed by atoms with Crippen LogP contribution in [0.4, 0.5) is 4.39 Å². The number of halogens is 1. The molecule has 1 aliphatic rings. The van der Waals surface area contributed by atoms with Crippen molar-refractivity contribution < 1.29 is 9.50 Å². The number of hydrogen-bond acceptors (Lipinski definition) is 1. The van der Waals surface area contributed by atoms with Gasteiger partial charge in [0.15, 0.2) is 0 Å². The van der Waals surface area contributed by atoms with Crippen LogP contribution in [0.5, 0.6) is 0 Å². The van der Waals surface area contributed by atoms with Crippen LogP contribution in [0, 0.1) is 5.92 Å². The first kappa shape index (κ1) is 7.99. The molecule has 1 aliphatic carbocycles. The van der Waals surface area contributed by atoms with Crippen LogP contribution in [0.3, 0.4) is 0 Å². The molecule has 0 heterocycles. The number of rotatable bonds is 2. The van der Waals surface area contributed by atoms with Crippen LogP contribution in [0.25, 0.3) is 0 Å². The molecule has 1 rings (SSSR count). The molecule has 1 nitrogen and oxygen atoms in total. The Bertz CT molecular complexity index is 89.3. The fraction of sp³-hybridized carbons (Fsp3) is 1.00. The normalized spacial score (nSPS) is 24.6. The molecule has 1 atom stereocenters. The van der Waals surface area contributed by atoms with Crippen LogP contribution in [-0.4, -0.2) is 17.9 Å². The summed E-state index contributed by atoms with van der Waals surface area (Å²) < 4.78 is 12.8. The van der Waals surface area contributed by atoms with Gasteiger partial charge in [-0.25, -0.2) is 4.39 Å². The van der Waals surface area contributed by atoms with Crippen molar-refractivity contribution in [1.82, 2.24) is 0 Å². The summed E-state index contributed by atoms with van der Waals surface area (Å²) in [7, 11) is 0. The van der Waals surface area contributed by atoms with Crippen LogP contribution in [-0.2, 0) is 0 Å². The van der Waals surface area contributed by atoms with E-state index in [1.54, 1.807) is 0 Å². The van der Waals surface area contributed by atoms with E-state index in [0.29, 0.717) is 0 Å². The zero-order valence-electron chi connectivity index (χ0n) is 6.22. The van der Waals surface area contributed by atoms with Gasteiger partial charge in [-0.3, -0.25) is 0 Å². The zero-order chi connectivity index (χ0) is 7.40. The average molecular weight is 146 g/mol. The Hall–Kier alpha value is -0.110. The monoisotopic (exact) mass is 146 g/mol. The molecule has 60 valence electrons. The van der Waals surface area contributed by atoms with Gasteiger partial charge >= 0.3 is 0 Å². The van der Waals surface area contributed by atoms with E-state index in [2.05, 4.69) is 0 Å². The first-order chi connectivity index (χ1) is 4.84. The lowest BCUT2D eigenvalue weighted by molar-refractivity contribution is 0.105. The van der Waals surface area contributed by atoms with Gasteiger partial charge in [-0.1, -0.05) is 19.3 Å². The van der Waals surface area contributed by atoms with E-state index in [4.69, 9.17) is 5.11 Å².